The van der Waals surface area contributed by atoms with Crippen LogP contribution in [-0.2, 0) is 31.9 Å². The molecule has 0 saturated heterocycles. The first-order chi connectivity index (χ1) is 23.8. The van der Waals surface area contributed by atoms with Crippen LogP contribution >= 0.6 is 0 Å². The number of benzene rings is 5. The van der Waals surface area contributed by atoms with Gasteiger partial charge in [0.15, 0.2) is 0 Å². The van der Waals surface area contributed by atoms with Crippen molar-refractivity contribution in [2.45, 2.75) is 72.3 Å². The number of rotatable bonds is 4. The molecule has 0 aliphatic rings. The minimum atomic E-state index is -0.135. The molecule has 0 bridgehead atoms. The maximum Gasteiger partial charge on any atom is 0.144 e. The summed E-state index contributed by atoms with van der Waals surface area (Å²) in [7, 11) is 0. The van der Waals surface area contributed by atoms with Crippen LogP contribution < -0.4 is 0 Å². The van der Waals surface area contributed by atoms with E-state index in [0.717, 1.165) is 83.1 Å². The molecule has 0 spiro atoms. The molecule has 5 nitrogen and oxygen atoms in total. The third-order valence-corrected chi connectivity index (χ3v) is 9.89. The summed E-state index contributed by atoms with van der Waals surface area (Å²) in [5.41, 5.74) is 11.3. The van der Waals surface area contributed by atoms with Crippen LogP contribution in [0.15, 0.2) is 102 Å². The first-order valence-electron chi connectivity index (χ1n) is 17.4. The van der Waals surface area contributed by atoms with Crippen LogP contribution in [0.1, 0.15) is 72.6 Å². The Morgan fingerprint density at radius 3 is 2.12 bits per heavy atom. The number of nitrogens with zero attached hydrogens (tertiary/aromatic N) is 3. The number of fused-ring (bicyclic) bond motifs is 6. The number of para-hydroxylation sites is 2. The molecule has 0 saturated carbocycles. The molecule has 6 heteroatoms. The molecule has 8 aromatic rings. The molecule has 0 amide bonds. The van der Waals surface area contributed by atoms with E-state index >= 15 is 0 Å². The second-order valence-corrected chi connectivity index (χ2v) is 15.8. The van der Waals surface area contributed by atoms with Gasteiger partial charge in [-0.15, -0.1) is 34.9 Å². The predicted molar refractivity (Wildman–Crippen MR) is 207 cm³/mol. The number of pyridine rings is 1. The first kappa shape index (κ1) is 34.7. The third kappa shape index (κ3) is 5.86. The van der Waals surface area contributed by atoms with Crippen LogP contribution in [0.25, 0.3) is 77.5 Å². The fraction of sp³-hybridized carbons (Fsp3) is 0.244. The number of phenols is 1. The second kappa shape index (κ2) is 12.5. The van der Waals surface area contributed by atoms with Gasteiger partial charge in [-0.2, -0.15) is 0 Å². The molecular formula is C45H42N3O2Pt-. The standard InChI is InChI=1S/C45H42N3O2.Pt/c1-26(2)48-37-16-11-14-31(41(37)47-43(48)36-24-29(44(3,4)5)18-19-38(36)49)27-21-28(23-30(22-27)45(6,7)8)34-25-35-32-13-9-10-17-39(32)50-42(35)33-15-12-20-46-40(33)34;/h9-20,22-26,49H,1-8H3;/q-1;. The molecule has 8 rings (SSSR count). The Morgan fingerprint density at radius 1 is 0.686 bits per heavy atom. The summed E-state index contributed by atoms with van der Waals surface area (Å²) in [5, 5.41) is 14.3. The second-order valence-electron chi connectivity index (χ2n) is 15.8. The zero-order valence-electron chi connectivity index (χ0n) is 30.3. The normalized spacial score (nSPS) is 12.4. The molecule has 0 aliphatic carbocycles. The van der Waals surface area contributed by atoms with Crippen molar-refractivity contribution in [1.29, 1.82) is 0 Å². The van der Waals surface area contributed by atoms with Crippen LogP contribution in [0, 0.1) is 6.07 Å². The Kier molecular flexibility index (Phi) is 8.50. The Morgan fingerprint density at radius 2 is 1.39 bits per heavy atom. The van der Waals surface area contributed by atoms with Gasteiger partial charge in [0.25, 0.3) is 0 Å². The van der Waals surface area contributed by atoms with E-state index in [2.05, 4.69) is 127 Å². The van der Waals surface area contributed by atoms with Gasteiger partial charge in [0.1, 0.15) is 22.7 Å². The van der Waals surface area contributed by atoms with Gasteiger partial charge in [0.05, 0.1) is 16.6 Å². The van der Waals surface area contributed by atoms with E-state index in [1.54, 1.807) is 6.07 Å². The molecule has 3 aromatic heterocycles. The fourth-order valence-electron chi connectivity index (χ4n) is 7.15. The SMILES string of the molecule is CC(C)n1c(-c2cc(C(C)(C)C)ccc2O)nc2c(-c3[c-]c(-c4cc5c6ccccc6oc5c5cccnc45)cc(C(C)(C)C)c3)cccc21.[Pt]. The summed E-state index contributed by atoms with van der Waals surface area (Å²) in [6, 6.07) is 35.2. The third-order valence-electron chi connectivity index (χ3n) is 9.89. The zero-order chi connectivity index (χ0) is 35.1. The van der Waals surface area contributed by atoms with Crippen LogP contribution in [0.5, 0.6) is 5.75 Å². The largest absolute Gasteiger partial charge is 0.507 e. The minimum Gasteiger partial charge on any atom is -0.507 e. The summed E-state index contributed by atoms with van der Waals surface area (Å²) in [5.74, 6) is 0.979. The summed E-state index contributed by atoms with van der Waals surface area (Å²) < 4.78 is 8.64. The van der Waals surface area contributed by atoms with Gasteiger partial charge in [-0.05, 0) is 66.6 Å². The van der Waals surface area contributed by atoms with E-state index in [1.165, 1.54) is 5.56 Å². The molecule has 0 aliphatic heterocycles. The van der Waals surface area contributed by atoms with Crippen molar-refractivity contribution in [3.8, 4) is 39.4 Å². The summed E-state index contributed by atoms with van der Waals surface area (Å²) in [4.78, 5) is 10.2. The Balaban J connectivity index is 0.00000406. The summed E-state index contributed by atoms with van der Waals surface area (Å²) in [6.07, 6.45) is 1.85. The molecule has 0 unspecified atom stereocenters. The average molecular weight is 852 g/mol. The monoisotopic (exact) mass is 851 g/mol. The number of hydrogen-bond donors (Lipinski definition) is 1. The molecular weight excluding hydrogens is 810 g/mol. The Bertz CT molecular complexity index is 2610. The first-order valence-corrected chi connectivity index (χ1v) is 17.4. The average Bonchev–Trinajstić information content (AvgIpc) is 3.66. The summed E-state index contributed by atoms with van der Waals surface area (Å²) in [6.45, 7) is 17.6. The van der Waals surface area contributed by atoms with Crippen molar-refractivity contribution in [2.24, 2.45) is 0 Å². The predicted octanol–water partition coefficient (Wildman–Crippen LogP) is 12.2. The van der Waals surface area contributed by atoms with E-state index in [-0.39, 0.29) is 43.7 Å². The van der Waals surface area contributed by atoms with Gasteiger partial charge in [-0.3, -0.25) is 4.98 Å². The van der Waals surface area contributed by atoms with Crippen molar-refractivity contribution in [2.75, 3.05) is 0 Å². The molecule has 0 radical (unpaired) electrons. The van der Waals surface area contributed by atoms with E-state index < -0.39 is 0 Å². The van der Waals surface area contributed by atoms with Crippen molar-refractivity contribution in [3.63, 3.8) is 0 Å². The Hall–Kier alpha value is -4.73. The minimum absolute atomic E-state index is 0. The van der Waals surface area contributed by atoms with Gasteiger partial charge in [0.2, 0.25) is 0 Å². The topological polar surface area (TPSA) is 64.1 Å². The van der Waals surface area contributed by atoms with Gasteiger partial charge in [-0.25, -0.2) is 4.98 Å². The van der Waals surface area contributed by atoms with Gasteiger partial charge in [-0.1, -0.05) is 95.1 Å². The number of hydrogen-bond acceptors (Lipinski definition) is 4. The summed E-state index contributed by atoms with van der Waals surface area (Å²) >= 11 is 0. The number of aromatic nitrogens is 3. The van der Waals surface area contributed by atoms with E-state index in [9.17, 15) is 5.11 Å². The van der Waals surface area contributed by atoms with E-state index in [0.29, 0.717) is 0 Å². The van der Waals surface area contributed by atoms with E-state index in [4.69, 9.17) is 14.4 Å². The number of phenolic OH excluding ortho intramolecular Hbond substituents is 1. The van der Waals surface area contributed by atoms with Crippen LogP contribution in [-0.4, -0.2) is 19.6 Å². The fourth-order valence-corrected chi connectivity index (χ4v) is 7.15. The van der Waals surface area contributed by atoms with Crippen molar-refractivity contribution in [1.82, 2.24) is 14.5 Å². The maximum absolute atomic E-state index is 11.2. The van der Waals surface area contributed by atoms with Crippen LogP contribution in [0.3, 0.4) is 0 Å². The van der Waals surface area contributed by atoms with Crippen molar-refractivity contribution < 1.29 is 30.6 Å². The van der Waals surface area contributed by atoms with Gasteiger partial charge in [0, 0.05) is 55.0 Å². The number of aromatic hydroxyl groups is 1. The number of furan rings is 1. The van der Waals surface area contributed by atoms with Crippen LogP contribution in [0.2, 0.25) is 0 Å². The van der Waals surface area contributed by atoms with Gasteiger partial charge < -0.3 is 14.1 Å². The molecule has 5 aromatic carbocycles. The van der Waals surface area contributed by atoms with E-state index in [1.807, 2.05) is 30.5 Å². The molecule has 0 fully saturated rings. The quantitative estimate of drug-likeness (QED) is 0.179. The van der Waals surface area contributed by atoms with Crippen LogP contribution in [0.4, 0.5) is 0 Å². The van der Waals surface area contributed by atoms with Crippen molar-refractivity contribution >= 4 is 43.9 Å². The van der Waals surface area contributed by atoms with Crippen molar-refractivity contribution in [3.05, 3.63) is 114 Å². The smallest absolute Gasteiger partial charge is 0.144 e. The molecule has 260 valence electrons. The maximum atomic E-state index is 11.2. The molecule has 0 atom stereocenters. The molecule has 3 heterocycles. The number of imidazole rings is 1. The molecule has 51 heavy (non-hydrogen) atoms. The van der Waals surface area contributed by atoms with Gasteiger partial charge >= 0.3 is 0 Å². The Labute approximate surface area is 313 Å². The molecule has 1 N–H and O–H groups in total. The zero-order valence-corrected chi connectivity index (χ0v) is 32.6.